The van der Waals surface area contributed by atoms with Gasteiger partial charge in [0, 0.05) is 6.54 Å². The highest BCUT2D eigenvalue weighted by molar-refractivity contribution is 5.26. The molecule has 0 radical (unpaired) electrons. The van der Waals surface area contributed by atoms with Gasteiger partial charge in [0.1, 0.15) is 5.60 Å². The SMILES string of the molecule is CNCC(C)(C)Oc1c(F)cccc1F. The van der Waals surface area contributed by atoms with E-state index in [0.29, 0.717) is 6.54 Å². The van der Waals surface area contributed by atoms with Crippen molar-refractivity contribution < 1.29 is 13.5 Å². The molecule has 0 unspecified atom stereocenters. The van der Waals surface area contributed by atoms with Crippen LogP contribution < -0.4 is 10.1 Å². The number of benzene rings is 1. The summed E-state index contributed by atoms with van der Waals surface area (Å²) in [5.41, 5.74) is -0.655. The highest BCUT2D eigenvalue weighted by Gasteiger charge is 2.22. The Balaban J connectivity index is 2.89. The molecule has 1 N–H and O–H groups in total. The Morgan fingerprint density at radius 1 is 1.27 bits per heavy atom. The maximum Gasteiger partial charge on any atom is 0.191 e. The summed E-state index contributed by atoms with van der Waals surface area (Å²) in [6, 6.07) is 3.66. The molecule has 0 bridgehead atoms. The Bertz CT molecular complexity index is 319. The second-order valence-electron chi connectivity index (χ2n) is 3.94. The summed E-state index contributed by atoms with van der Waals surface area (Å²) < 4.78 is 31.8. The third kappa shape index (κ3) is 3.16. The molecule has 0 fully saturated rings. The van der Waals surface area contributed by atoms with Gasteiger partial charge in [0.15, 0.2) is 17.4 Å². The number of likely N-dealkylation sites (N-methyl/N-ethyl adjacent to an activating group) is 1. The zero-order valence-corrected chi connectivity index (χ0v) is 9.10. The molecule has 15 heavy (non-hydrogen) atoms. The second-order valence-corrected chi connectivity index (χ2v) is 3.94. The van der Waals surface area contributed by atoms with Crippen molar-refractivity contribution in [3.8, 4) is 5.75 Å². The largest absolute Gasteiger partial charge is 0.480 e. The van der Waals surface area contributed by atoms with Gasteiger partial charge in [-0.3, -0.25) is 0 Å². The molecule has 0 aliphatic heterocycles. The van der Waals surface area contributed by atoms with Gasteiger partial charge in [-0.05, 0) is 33.0 Å². The van der Waals surface area contributed by atoms with E-state index in [1.54, 1.807) is 20.9 Å². The molecule has 0 aromatic heterocycles. The molecule has 1 aromatic carbocycles. The molecule has 1 aromatic rings. The number of halogens is 2. The fourth-order valence-electron chi connectivity index (χ4n) is 1.32. The van der Waals surface area contributed by atoms with Gasteiger partial charge in [-0.1, -0.05) is 6.07 Å². The van der Waals surface area contributed by atoms with E-state index in [-0.39, 0.29) is 5.75 Å². The first-order valence-corrected chi connectivity index (χ1v) is 4.74. The standard InChI is InChI=1S/C11H15F2NO/c1-11(2,7-14-3)15-10-8(12)5-4-6-9(10)13/h4-6,14H,7H2,1-3H3. The maximum atomic E-state index is 13.2. The smallest absolute Gasteiger partial charge is 0.191 e. The molecule has 2 nitrogen and oxygen atoms in total. The Morgan fingerprint density at radius 2 is 1.80 bits per heavy atom. The Kier molecular flexibility index (Phi) is 3.63. The van der Waals surface area contributed by atoms with Gasteiger partial charge in [-0.25, -0.2) is 8.78 Å². The normalized spacial score (nSPS) is 11.5. The number of para-hydroxylation sites is 1. The van der Waals surface area contributed by atoms with E-state index in [1.807, 2.05) is 0 Å². The van der Waals surface area contributed by atoms with E-state index in [2.05, 4.69) is 5.32 Å². The molecule has 0 amide bonds. The molecule has 0 spiro atoms. The molecular weight excluding hydrogens is 200 g/mol. The van der Waals surface area contributed by atoms with Crippen molar-refractivity contribution in [3.05, 3.63) is 29.8 Å². The topological polar surface area (TPSA) is 21.3 Å². The van der Waals surface area contributed by atoms with Crippen LogP contribution in [0.25, 0.3) is 0 Å². The average Bonchev–Trinajstić information content (AvgIpc) is 2.11. The fourth-order valence-corrected chi connectivity index (χ4v) is 1.32. The number of rotatable bonds is 4. The van der Waals surface area contributed by atoms with Crippen molar-refractivity contribution in [1.29, 1.82) is 0 Å². The summed E-state index contributed by atoms with van der Waals surface area (Å²) in [6.07, 6.45) is 0. The third-order valence-corrected chi connectivity index (χ3v) is 1.90. The summed E-state index contributed by atoms with van der Waals surface area (Å²) in [4.78, 5) is 0. The first-order chi connectivity index (χ1) is 6.96. The Labute approximate surface area is 88.3 Å². The minimum atomic E-state index is -0.681. The highest BCUT2D eigenvalue weighted by atomic mass is 19.1. The van der Waals surface area contributed by atoms with Crippen LogP contribution in [0.3, 0.4) is 0 Å². The fraction of sp³-hybridized carbons (Fsp3) is 0.455. The molecule has 4 heteroatoms. The van der Waals surface area contributed by atoms with Crippen LogP contribution in [0, 0.1) is 11.6 Å². The van der Waals surface area contributed by atoms with Gasteiger partial charge in [-0.15, -0.1) is 0 Å². The summed E-state index contributed by atoms with van der Waals surface area (Å²) in [6.45, 7) is 4.02. The van der Waals surface area contributed by atoms with Crippen LogP contribution in [0.4, 0.5) is 8.78 Å². The lowest BCUT2D eigenvalue weighted by atomic mass is 10.1. The molecule has 0 aliphatic carbocycles. The summed E-state index contributed by atoms with van der Waals surface area (Å²) in [5.74, 6) is -1.68. The Morgan fingerprint density at radius 3 is 2.27 bits per heavy atom. The number of hydrogen-bond donors (Lipinski definition) is 1. The first-order valence-electron chi connectivity index (χ1n) is 4.74. The van der Waals surface area contributed by atoms with E-state index in [4.69, 9.17) is 4.74 Å². The van der Waals surface area contributed by atoms with Crippen molar-refractivity contribution in [2.45, 2.75) is 19.4 Å². The average molecular weight is 215 g/mol. The maximum absolute atomic E-state index is 13.2. The molecular formula is C11H15F2NO. The van der Waals surface area contributed by atoms with Gasteiger partial charge in [0.25, 0.3) is 0 Å². The lowest BCUT2D eigenvalue weighted by Crippen LogP contribution is -2.39. The first kappa shape index (κ1) is 11.9. The molecule has 0 aliphatic rings. The minimum absolute atomic E-state index is 0.322. The van der Waals surface area contributed by atoms with Crippen molar-refractivity contribution >= 4 is 0 Å². The van der Waals surface area contributed by atoms with Crippen molar-refractivity contribution in [3.63, 3.8) is 0 Å². The van der Waals surface area contributed by atoms with E-state index >= 15 is 0 Å². The van der Waals surface area contributed by atoms with E-state index in [0.717, 1.165) is 0 Å². The summed E-state index contributed by atoms with van der Waals surface area (Å²) in [5, 5.41) is 2.90. The Hall–Kier alpha value is -1.16. The van der Waals surface area contributed by atoms with Crippen LogP contribution in [0.15, 0.2) is 18.2 Å². The van der Waals surface area contributed by atoms with E-state index in [9.17, 15) is 8.78 Å². The van der Waals surface area contributed by atoms with Gasteiger partial charge >= 0.3 is 0 Å². The molecule has 0 saturated heterocycles. The van der Waals surface area contributed by atoms with Crippen LogP contribution in [0.1, 0.15) is 13.8 Å². The number of hydrogen-bond acceptors (Lipinski definition) is 2. The zero-order chi connectivity index (χ0) is 11.5. The second kappa shape index (κ2) is 4.57. The van der Waals surface area contributed by atoms with E-state index in [1.165, 1.54) is 18.2 Å². The summed E-state index contributed by atoms with van der Waals surface area (Å²) >= 11 is 0. The quantitative estimate of drug-likeness (QED) is 0.832. The van der Waals surface area contributed by atoms with Gasteiger partial charge < -0.3 is 10.1 Å². The number of ether oxygens (including phenoxy) is 1. The van der Waals surface area contributed by atoms with Gasteiger partial charge in [0.2, 0.25) is 0 Å². The monoisotopic (exact) mass is 215 g/mol. The zero-order valence-electron chi connectivity index (χ0n) is 9.10. The van der Waals surface area contributed by atoms with E-state index < -0.39 is 17.2 Å². The molecule has 0 saturated carbocycles. The van der Waals surface area contributed by atoms with Crippen molar-refractivity contribution in [2.24, 2.45) is 0 Å². The van der Waals surface area contributed by atoms with Gasteiger partial charge in [-0.2, -0.15) is 0 Å². The minimum Gasteiger partial charge on any atom is -0.480 e. The molecule has 0 atom stereocenters. The number of nitrogens with one attached hydrogen (secondary N) is 1. The molecule has 0 heterocycles. The predicted octanol–water partition coefficient (Wildman–Crippen LogP) is 2.34. The molecule has 1 rings (SSSR count). The highest BCUT2D eigenvalue weighted by Crippen LogP contribution is 2.25. The van der Waals surface area contributed by atoms with Crippen LogP contribution in [-0.2, 0) is 0 Å². The predicted molar refractivity (Wildman–Crippen MR) is 55.0 cm³/mol. The van der Waals surface area contributed by atoms with Gasteiger partial charge in [0.05, 0.1) is 0 Å². The van der Waals surface area contributed by atoms with Crippen LogP contribution >= 0.6 is 0 Å². The van der Waals surface area contributed by atoms with Crippen LogP contribution in [-0.4, -0.2) is 19.2 Å². The van der Waals surface area contributed by atoms with Crippen molar-refractivity contribution in [1.82, 2.24) is 5.32 Å². The van der Waals surface area contributed by atoms with Crippen LogP contribution in [0.2, 0.25) is 0 Å². The lowest BCUT2D eigenvalue weighted by molar-refractivity contribution is 0.0986. The lowest BCUT2D eigenvalue weighted by Gasteiger charge is -2.26. The molecule has 84 valence electrons. The summed E-state index contributed by atoms with van der Waals surface area (Å²) in [7, 11) is 1.75. The van der Waals surface area contributed by atoms with Crippen LogP contribution in [0.5, 0.6) is 5.75 Å². The van der Waals surface area contributed by atoms with Crippen molar-refractivity contribution in [2.75, 3.05) is 13.6 Å². The third-order valence-electron chi connectivity index (χ3n) is 1.90.